The molecule has 1 atom stereocenters. The van der Waals surface area contributed by atoms with Gasteiger partial charge in [-0.3, -0.25) is 4.68 Å². The van der Waals surface area contributed by atoms with Gasteiger partial charge in [-0.05, 0) is 18.9 Å². The summed E-state index contributed by atoms with van der Waals surface area (Å²) in [6, 6.07) is 10.1. The maximum atomic E-state index is 12.3. The Morgan fingerprint density at radius 3 is 2.96 bits per heavy atom. The molecule has 128 valence electrons. The minimum Gasteiger partial charge on any atom is -0.376 e. The third-order valence-corrected chi connectivity index (χ3v) is 4.25. The summed E-state index contributed by atoms with van der Waals surface area (Å²) in [5, 5.41) is 7.07. The second-order valence-corrected chi connectivity index (χ2v) is 6.12. The molecule has 2 heterocycles. The molecule has 6 heteroatoms. The molecule has 0 saturated carbocycles. The van der Waals surface area contributed by atoms with Gasteiger partial charge < -0.3 is 15.0 Å². The molecule has 1 saturated heterocycles. The predicted octanol–water partition coefficient (Wildman–Crippen LogP) is 2.97. The van der Waals surface area contributed by atoms with Crippen LogP contribution in [0.25, 0.3) is 0 Å². The topological polar surface area (TPSA) is 59.4 Å². The Kier molecular flexibility index (Phi) is 5.48. The second-order valence-electron chi connectivity index (χ2n) is 6.12. The maximum Gasteiger partial charge on any atom is 0.321 e. The Balaban J connectivity index is 1.40. The van der Waals surface area contributed by atoms with Gasteiger partial charge in [0.2, 0.25) is 0 Å². The quantitative estimate of drug-likeness (QED) is 0.887. The number of rotatable bonds is 6. The maximum absolute atomic E-state index is 12.3. The Morgan fingerprint density at radius 1 is 1.38 bits per heavy atom. The predicted molar refractivity (Wildman–Crippen MR) is 92.7 cm³/mol. The van der Waals surface area contributed by atoms with Gasteiger partial charge in [-0.2, -0.15) is 5.10 Å². The summed E-state index contributed by atoms with van der Waals surface area (Å²) < 4.78 is 7.59. The van der Waals surface area contributed by atoms with Gasteiger partial charge in [0, 0.05) is 31.7 Å². The zero-order valence-corrected chi connectivity index (χ0v) is 14.0. The van der Waals surface area contributed by atoms with E-state index in [0.717, 1.165) is 31.7 Å². The molecule has 0 aliphatic carbocycles. The standard InChI is InChI=1S/C18H24N4O2/c1-2-22-12-17(10-19-22)20-18(23)21-9-8-16(11-21)14-24-13-15-6-4-3-5-7-15/h3-7,10,12,16H,2,8-9,11,13-14H2,1H3,(H,20,23)/t16-/m1/s1. The van der Waals surface area contributed by atoms with E-state index in [9.17, 15) is 4.79 Å². The van der Waals surface area contributed by atoms with Crippen LogP contribution in [0.15, 0.2) is 42.7 Å². The zero-order valence-electron chi connectivity index (χ0n) is 14.0. The number of ether oxygens (including phenoxy) is 1. The van der Waals surface area contributed by atoms with Crippen molar-refractivity contribution in [2.24, 2.45) is 5.92 Å². The van der Waals surface area contributed by atoms with Crippen molar-refractivity contribution in [3.8, 4) is 0 Å². The molecule has 1 N–H and O–H groups in total. The van der Waals surface area contributed by atoms with E-state index >= 15 is 0 Å². The van der Waals surface area contributed by atoms with Crippen LogP contribution in [0.1, 0.15) is 18.9 Å². The first kappa shape index (κ1) is 16.5. The lowest BCUT2D eigenvalue weighted by Crippen LogP contribution is -2.33. The van der Waals surface area contributed by atoms with E-state index in [1.807, 2.05) is 36.2 Å². The summed E-state index contributed by atoms with van der Waals surface area (Å²) >= 11 is 0. The minimum absolute atomic E-state index is 0.0591. The van der Waals surface area contributed by atoms with Crippen LogP contribution in [0.5, 0.6) is 0 Å². The summed E-state index contributed by atoms with van der Waals surface area (Å²) in [6.07, 6.45) is 4.50. The van der Waals surface area contributed by atoms with Gasteiger partial charge in [-0.15, -0.1) is 0 Å². The molecule has 1 fully saturated rings. The third kappa shape index (κ3) is 4.35. The molecule has 1 aliphatic heterocycles. The Morgan fingerprint density at radius 2 is 2.21 bits per heavy atom. The molecule has 2 amide bonds. The van der Waals surface area contributed by atoms with E-state index in [4.69, 9.17) is 4.74 Å². The third-order valence-electron chi connectivity index (χ3n) is 4.25. The number of urea groups is 1. The first-order chi connectivity index (χ1) is 11.7. The highest BCUT2D eigenvalue weighted by Gasteiger charge is 2.26. The number of aromatic nitrogens is 2. The Labute approximate surface area is 142 Å². The number of nitrogens with one attached hydrogen (secondary N) is 1. The molecule has 6 nitrogen and oxygen atoms in total. The van der Waals surface area contributed by atoms with Crippen molar-refractivity contribution in [3.05, 3.63) is 48.3 Å². The van der Waals surface area contributed by atoms with Crippen molar-refractivity contribution < 1.29 is 9.53 Å². The van der Waals surface area contributed by atoms with Gasteiger partial charge in [-0.25, -0.2) is 4.79 Å². The van der Waals surface area contributed by atoms with Gasteiger partial charge in [-0.1, -0.05) is 30.3 Å². The zero-order chi connectivity index (χ0) is 16.8. The minimum atomic E-state index is -0.0591. The molecular weight excluding hydrogens is 304 g/mol. The number of anilines is 1. The molecule has 1 aliphatic rings. The van der Waals surface area contributed by atoms with Crippen molar-refractivity contribution in [1.82, 2.24) is 14.7 Å². The molecule has 0 spiro atoms. The average Bonchev–Trinajstić information content (AvgIpc) is 3.25. The number of benzene rings is 1. The van der Waals surface area contributed by atoms with Gasteiger partial charge in [0.15, 0.2) is 0 Å². The average molecular weight is 328 g/mol. The van der Waals surface area contributed by atoms with Crippen LogP contribution in [0.4, 0.5) is 10.5 Å². The molecule has 24 heavy (non-hydrogen) atoms. The number of hydrogen-bond donors (Lipinski definition) is 1. The lowest BCUT2D eigenvalue weighted by molar-refractivity contribution is 0.0900. The van der Waals surface area contributed by atoms with Crippen LogP contribution in [0.3, 0.4) is 0 Å². The van der Waals surface area contributed by atoms with Crippen molar-refractivity contribution in [3.63, 3.8) is 0 Å². The number of hydrogen-bond acceptors (Lipinski definition) is 3. The lowest BCUT2D eigenvalue weighted by atomic mass is 10.1. The van der Waals surface area contributed by atoms with E-state index in [0.29, 0.717) is 19.1 Å². The molecule has 0 radical (unpaired) electrons. The summed E-state index contributed by atoms with van der Waals surface area (Å²) in [5.74, 6) is 0.401. The van der Waals surface area contributed by atoms with E-state index in [-0.39, 0.29) is 6.03 Å². The van der Waals surface area contributed by atoms with Gasteiger partial charge in [0.25, 0.3) is 0 Å². The van der Waals surface area contributed by atoms with Crippen LogP contribution < -0.4 is 5.32 Å². The largest absolute Gasteiger partial charge is 0.376 e. The van der Waals surface area contributed by atoms with E-state index in [2.05, 4.69) is 22.5 Å². The van der Waals surface area contributed by atoms with Gasteiger partial charge >= 0.3 is 6.03 Å². The van der Waals surface area contributed by atoms with Crippen molar-refractivity contribution in [1.29, 1.82) is 0 Å². The number of aryl methyl sites for hydroxylation is 1. The van der Waals surface area contributed by atoms with Crippen LogP contribution in [-0.4, -0.2) is 40.4 Å². The molecule has 2 aromatic rings. The SMILES string of the molecule is CCn1cc(NC(=O)N2CC[C@@H](COCc3ccccc3)C2)cn1. The molecule has 0 bridgehead atoms. The fourth-order valence-electron chi connectivity index (χ4n) is 2.87. The molecule has 1 aromatic heterocycles. The lowest BCUT2D eigenvalue weighted by Gasteiger charge is -2.16. The summed E-state index contributed by atoms with van der Waals surface area (Å²) in [4.78, 5) is 14.1. The van der Waals surface area contributed by atoms with E-state index < -0.39 is 0 Å². The van der Waals surface area contributed by atoms with Gasteiger partial charge in [0.1, 0.15) is 0 Å². The fraction of sp³-hybridized carbons (Fsp3) is 0.444. The smallest absolute Gasteiger partial charge is 0.321 e. The highest BCUT2D eigenvalue weighted by Crippen LogP contribution is 2.18. The number of carbonyl (C=O) groups is 1. The van der Waals surface area contributed by atoms with E-state index in [1.165, 1.54) is 5.56 Å². The molecule has 0 unspecified atom stereocenters. The molecular formula is C18H24N4O2. The van der Waals surface area contributed by atoms with Crippen LogP contribution in [-0.2, 0) is 17.9 Å². The highest BCUT2D eigenvalue weighted by atomic mass is 16.5. The Bertz CT molecular complexity index is 656. The van der Waals surface area contributed by atoms with E-state index in [1.54, 1.807) is 10.9 Å². The first-order valence-corrected chi connectivity index (χ1v) is 8.44. The number of carbonyl (C=O) groups excluding carboxylic acids is 1. The normalized spacial score (nSPS) is 17.2. The van der Waals surface area contributed by atoms with Crippen LogP contribution in [0, 0.1) is 5.92 Å². The second kappa shape index (κ2) is 7.97. The van der Waals surface area contributed by atoms with Gasteiger partial charge in [0.05, 0.1) is 25.1 Å². The summed E-state index contributed by atoms with van der Waals surface area (Å²) in [6.45, 7) is 5.63. The molecule has 3 rings (SSSR count). The monoisotopic (exact) mass is 328 g/mol. The van der Waals surface area contributed by atoms with Crippen molar-refractivity contribution in [2.45, 2.75) is 26.5 Å². The number of amides is 2. The fourth-order valence-corrected chi connectivity index (χ4v) is 2.87. The molecule has 1 aromatic carbocycles. The summed E-state index contributed by atoms with van der Waals surface area (Å²) in [7, 11) is 0. The summed E-state index contributed by atoms with van der Waals surface area (Å²) in [5.41, 5.74) is 1.92. The van der Waals surface area contributed by atoms with Crippen LogP contribution in [0.2, 0.25) is 0 Å². The van der Waals surface area contributed by atoms with Crippen LogP contribution >= 0.6 is 0 Å². The highest BCUT2D eigenvalue weighted by molar-refractivity contribution is 5.89. The first-order valence-electron chi connectivity index (χ1n) is 8.44. The Hall–Kier alpha value is -2.34. The van der Waals surface area contributed by atoms with Crippen molar-refractivity contribution in [2.75, 3.05) is 25.0 Å². The van der Waals surface area contributed by atoms with Crippen molar-refractivity contribution >= 4 is 11.7 Å². The number of likely N-dealkylation sites (tertiary alicyclic amines) is 1. The number of nitrogens with zero attached hydrogens (tertiary/aromatic N) is 3.